The Bertz CT molecular complexity index is 1060. The first-order valence-corrected chi connectivity index (χ1v) is 10.3. The van der Waals surface area contributed by atoms with Gasteiger partial charge in [-0.3, -0.25) is 4.79 Å². The monoisotopic (exact) mass is 403 g/mol. The average Bonchev–Trinajstić information content (AvgIpc) is 2.74. The largest absolute Gasteiger partial charge is 0.492 e. The first kappa shape index (κ1) is 20.0. The van der Waals surface area contributed by atoms with Crippen molar-refractivity contribution in [1.82, 2.24) is 5.32 Å². The Morgan fingerprint density at radius 1 is 0.967 bits per heavy atom. The molecule has 0 atom stereocenters. The Labute approximate surface area is 175 Å². The zero-order valence-corrected chi connectivity index (χ0v) is 16.8. The van der Waals surface area contributed by atoms with Crippen molar-refractivity contribution in [1.29, 1.82) is 0 Å². The highest BCUT2D eigenvalue weighted by Gasteiger charge is 2.46. The lowest BCUT2D eigenvalue weighted by molar-refractivity contribution is -0.148. The van der Waals surface area contributed by atoms with Crippen LogP contribution in [0.4, 0.5) is 0 Å². The summed E-state index contributed by atoms with van der Waals surface area (Å²) in [5.74, 6) is -0.868. The predicted octanol–water partition coefficient (Wildman–Crippen LogP) is 4.59. The zero-order valence-electron chi connectivity index (χ0n) is 16.8. The highest BCUT2D eigenvalue weighted by Crippen LogP contribution is 2.35. The first-order valence-electron chi connectivity index (χ1n) is 10.3. The van der Waals surface area contributed by atoms with Crippen LogP contribution >= 0.6 is 0 Å². The number of benzene rings is 3. The van der Waals surface area contributed by atoms with Crippen LogP contribution in [0.25, 0.3) is 10.8 Å². The molecular weight excluding hydrogens is 378 g/mol. The number of carboxylic acids is 1. The second-order valence-corrected chi connectivity index (χ2v) is 7.80. The molecule has 0 aromatic heterocycles. The van der Waals surface area contributed by atoms with E-state index >= 15 is 0 Å². The maximum Gasteiger partial charge on any atom is 0.329 e. The molecule has 0 radical (unpaired) electrons. The van der Waals surface area contributed by atoms with Crippen LogP contribution in [0.3, 0.4) is 0 Å². The van der Waals surface area contributed by atoms with E-state index < -0.39 is 17.4 Å². The first-order chi connectivity index (χ1) is 14.6. The third-order valence-corrected chi connectivity index (χ3v) is 5.79. The minimum Gasteiger partial charge on any atom is -0.492 e. The topological polar surface area (TPSA) is 75.6 Å². The van der Waals surface area contributed by atoms with Crippen LogP contribution in [-0.4, -0.2) is 29.1 Å². The number of ether oxygens (including phenoxy) is 1. The molecule has 0 spiro atoms. The van der Waals surface area contributed by atoms with Gasteiger partial charge in [0.15, 0.2) is 0 Å². The molecule has 0 unspecified atom stereocenters. The number of fused-ring (bicyclic) bond motifs is 1. The van der Waals surface area contributed by atoms with E-state index in [1.54, 1.807) is 6.07 Å². The summed E-state index contributed by atoms with van der Waals surface area (Å²) in [6.45, 7) is 0.466. The lowest BCUT2D eigenvalue weighted by Gasteiger charge is -2.38. The fourth-order valence-corrected chi connectivity index (χ4v) is 3.88. The number of aliphatic carboxylic acids is 1. The molecular formula is C25H25NO4. The summed E-state index contributed by atoms with van der Waals surface area (Å²) in [5.41, 5.74) is 0.458. The van der Waals surface area contributed by atoms with E-state index in [0.717, 1.165) is 30.0 Å². The molecule has 3 aromatic carbocycles. The van der Waals surface area contributed by atoms with Crippen molar-refractivity contribution in [3.63, 3.8) is 0 Å². The molecule has 1 amide bonds. The van der Waals surface area contributed by atoms with Crippen LogP contribution < -0.4 is 10.1 Å². The normalized spacial score (nSPS) is 14.7. The van der Waals surface area contributed by atoms with Gasteiger partial charge in [-0.2, -0.15) is 0 Å². The van der Waals surface area contributed by atoms with E-state index in [0.29, 0.717) is 30.8 Å². The molecule has 154 valence electrons. The minimum absolute atomic E-state index is 0.376. The number of nitrogens with one attached hydrogen (secondary N) is 1. The van der Waals surface area contributed by atoms with E-state index in [9.17, 15) is 14.7 Å². The molecule has 30 heavy (non-hydrogen) atoms. The molecule has 0 heterocycles. The van der Waals surface area contributed by atoms with Crippen molar-refractivity contribution < 1.29 is 19.4 Å². The van der Waals surface area contributed by atoms with Crippen LogP contribution in [0.15, 0.2) is 66.7 Å². The fourth-order valence-electron chi connectivity index (χ4n) is 3.88. The van der Waals surface area contributed by atoms with Crippen molar-refractivity contribution in [2.24, 2.45) is 0 Å². The van der Waals surface area contributed by atoms with E-state index in [1.165, 1.54) is 5.56 Å². The number of amides is 1. The standard InChI is InChI=1S/C25H25NO4/c27-23(26-25(24(28)29)15-7-16-25)21-14-13-19-11-4-5-12-20(19)22(21)30-17-6-10-18-8-2-1-3-9-18/h1-5,8-9,11-14H,6-7,10,15-17H2,(H,26,27)(H,28,29). The second kappa shape index (κ2) is 8.57. The lowest BCUT2D eigenvalue weighted by Crippen LogP contribution is -2.59. The summed E-state index contributed by atoms with van der Waals surface area (Å²) in [7, 11) is 0. The fraction of sp³-hybridized carbons (Fsp3) is 0.280. The van der Waals surface area contributed by atoms with Crippen molar-refractivity contribution in [3.8, 4) is 5.75 Å². The van der Waals surface area contributed by atoms with Crippen LogP contribution in [0, 0.1) is 0 Å². The minimum atomic E-state index is -1.16. The molecule has 0 aliphatic heterocycles. The third-order valence-electron chi connectivity index (χ3n) is 5.79. The molecule has 0 saturated heterocycles. The number of rotatable bonds is 8. The Balaban J connectivity index is 1.55. The number of hydrogen-bond donors (Lipinski definition) is 2. The van der Waals surface area contributed by atoms with E-state index in [4.69, 9.17) is 4.74 Å². The molecule has 5 nitrogen and oxygen atoms in total. The predicted molar refractivity (Wildman–Crippen MR) is 116 cm³/mol. The van der Waals surface area contributed by atoms with Crippen LogP contribution in [0.1, 0.15) is 41.6 Å². The summed E-state index contributed by atoms with van der Waals surface area (Å²) in [6.07, 6.45) is 3.40. The van der Waals surface area contributed by atoms with E-state index in [-0.39, 0.29) is 0 Å². The van der Waals surface area contributed by atoms with Crippen LogP contribution in [0.2, 0.25) is 0 Å². The zero-order chi connectivity index (χ0) is 21.0. The summed E-state index contributed by atoms with van der Waals surface area (Å²) >= 11 is 0. The molecule has 3 aromatic rings. The van der Waals surface area contributed by atoms with Gasteiger partial charge in [-0.15, -0.1) is 0 Å². The molecule has 1 saturated carbocycles. The third kappa shape index (κ3) is 4.01. The molecule has 1 aliphatic carbocycles. The van der Waals surface area contributed by atoms with Crippen molar-refractivity contribution in [3.05, 3.63) is 77.9 Å². The molecule has 1 aliphatic rings. The summed E-state index contributed by atoms with van der Waals surface area (Å²) < 4.78 is 6.11. The Hall–Kier alpha value is -3.34. The van der Waals surface area contributed by atoms with Crippen LogP contribution in [-0.2, 0) is 11.2 Å². The molecule has 5 heteroatoms. The van der Waals surface area contributed by atoms with Gasteiger partial charge < -0.3 is 15.2 Å². The van der Waals surface area contributed by atoms with Gasteiger partial charge in [-0.25, -0.2) is 4.79 Å². The van der Waals surface area contributed by atoms with Gasteiger partial charge in [0.1, 0.15) is 11.3 Å². The lowest BCUT2D eigenvalue weighted by atomic mass is 9.76. The summed E-state index contributed by atoms with van der Waals surface area (Å²) in [5, 5.41) is 14.1. The average molecular weight is 403 g/mol. The van der Waals surface area contributed by atoms with Gasteiger partial charge in [0.25, 0.3) is 5.91 Å². The van der Waals surface area contributed by atoms with Gasteiger partial charge >= 0.3 is 5.97 Å². The van der Waals surface area contributed by atoms with Gasteiger partial charge in [0, 0.05) is 5.39 Å². The SMILES string of the molecule is O=C(NC1(C(=O)O)CCC1)c1ccc2ccccc2c1OCCCc1ccccc1. The van der Waals surface area contributed by atoms with Crippen molar-refractivity contribution in [2.45, 2.75) is 37.6 Å². The number of hydrogen-bond acceptors (Lipinski definition) is 3. The Morgan fingerprint density at radius 2 is 1.70 bits per heavy atom. The number of carbonyl (C=O) groups is 2. The summed E-state index contributed by atoms with van der Waals surface area (Å²) in [4.78, 5) is 24.7. The number of aryl methyl sites for hydroxylation is 1. The van der Waals surface area contributed by atoms with E-state index in [2.05, 4.69) is 17.4 Å². The Kier molecular flexibility index (Phi) is 5.70. The number of carboxylic acid groups (broad SMARTS) is 1. The maximum absolute atomic E-state index is 13.0. The highest BCUT2D eigenvalue weighted by molar-refractivity contribution is 6.05. The molecule has 2 N–H and O–H groups in total. The molecule has 4 rings (SSSR count). The van der Waals surface area contributed by atoms with Gasteiger partial charge in [-0.1, -0.05) is 60.7 Å². The number of carbonyl (C=O) groups excluding carboxylic acids is 1. The highest BCUT2D eigenvalue weighted by atomic mass is 16.5. The summed E-state index contributed by atoms with van der Waals surface area (Å²) in [6, 6.07) is 21.5. The van der Waals surface area contributed by atoms with E-state index in [1.807, 2.05) is 48.5 Å². The van der Waals surface area contributed by atoms with Crippen molar-refractivity contribution >= 4 is 22.6 Å². The Morgan fingerprint density at radius 3 is 2.40 bits per heavy atom. The maximum atomic E-state index is 13.0. The van der Waals surface area contributed by atoms with Gasteiger partial charge in [0.2, 0.25) is 0 Å². The van der Waals surface area contributed by atoms with Crippen LogP contribution in [0.5, 0.6) is 5.75 Å². The van der Waals surface area contributed by atoms with Gasteiger partial charge in [-0.05, 0) is 49.1 Å². The smallest absolute Gasteiger partial charge is 0.329 e. The quantitative estimate of drug-likeness (QED) is 0.540. The molecule has 0 bridgehead atoms. The van der Waals surface area contributed by atoms with Gasteiger partial charge in [0.05, 0.1) is 12.2 Å². The van der Waals surface area contributed by atoms with Crippen molar-refractivity contribution in [2.75, 3.05) is 6.61 Å². The second-order valence-electron chi connectivity index (χ2n) is 7.80. The molecule has 1 fully saturated rings.